The van der Waals surface area contributed by atoms with E-state index < -0.39 is 0 Å². The van der Waals surface area contributed by atoms with Crippen LogP contribution >= 0.6 is 0 Å². The van der Waals surface area contributed by atoms with Crippen LogP contribution < -0.4 is 9.64 Å². The summed E-state index contributed by atoms with van der Waals surface area (Å²) in [4.78, 5) is 9.67. The average molecular weight is 365 g/mol. The van der Waals surface area contributed by atoms with Gasteiger partial charge in [-0.15, -0.1) is 0 Å². The van der Waals surface area contributed by atoms with E-state index in [-0.39, 0.29) is 0 Å². The third-order valence-corrected chi connectivity index (χ3v) is 5.30. The average Bonchev–Trinajstić information content (AvgIpc) is 2.94. The van der Waals surface area contributed by atoms with Gasteiger partial charge in [0.15, 0.2) is 0 Å². The number of para-hydroxylation sites is 1. The second-order valence-corrected chi connectivity index (χ2v) is 7.29. The fraction of sp³-hybridized carbons (Fsp3) is 0.429. The molecule has 0 saturated carbocycles. The molecule has 0 atom stereocenters. The van der Waals surface area contributed by atoms with Crippen molar-refractivity contribution in [3.05, 3.63) is 47.9 Å². The molecule has 0 N–H and O–H groups in total. The normalized spacial score (nSPS) is 15.9. The Kier molecular flexibility index (Phi) is 4.99. The van der Waals surface area contributed by atoms with Crippen LogP contribution in [-0.2, 0) is 13.6 Å². The molecule has 0 bridgehead atoms. The first-order valence-corrected chi connectivity index (χ1v) is 9.53. The maximum Gasteiger partial charge on any atom is 0.145 e. The SMILES string of the molecule is COc1cccc2c(N3CCCN(Cc4cnn(C)c4)CC3)c(C)cnc12. The van der Waals surface area contributed by atoms with E-state index in [0.29, 0.717) is 0 Å². The maximum absolute atomic E-state index is 5.52. The standard InChI is InChI=1S/C21H27N5O/c1-16-12-22-20-18(6-4-7-19(20)27-3)21(16)26-9-5-8-25(10-11-26)15-17-13-23-24(2)14-17/h4,6-7,12-14H,5,8-11,15H2,1-3H3. The topological polar surface area (TPSA) is 46.4 Å². The van der Waals surface area contributed by atoms with Gasteiger partial charge < -0.3 is 9.64 Å². The summed E-state index contributed by atoms with van der Waals surface area (Å²) in [5.41, 5.74) is 4.73. The minimum Gasteiger partial charge on any atom is -0.494 e. The zero-order valence-electron chi connectivity index (χ0n) is 16.4. The van der Waals surface area contributed by atoms with E-state index in [1.54, 1.807) is 7.11 Å². The summed E-state index contributed by atoms with van der Waals surface area (Å²) in [7, 11) is 3.68. The van der Waals surface area contributed by atoms with E-state index in [2.05, 4.69) is 45.1 Å². The molecule has 0 spiro atoms. The minimum atomic E-state index is 0.835. The Hall–Kier alpha value is -2.60. The van der Waals surface area contributed by atoms with Crippen molar-refractivity contribution in [1.29, 1.82) is 0 Å². The summed E-state index contributed by atoms with van der Waals surface area (Å²) in [6, 6.07) is 6.19. The van der Waals surface area contributed by atoms with Crippen LogP contribution in [0.1, 0.15) is 17.5 Å². The lowest BCUT2D eigenvalue weighted by Crippen LogP contribution is -2.31. The van der Waals surface area contributed by atoms with Gasteiger partial charge in [-0.05, 0) is 25.0 Å². The van der Waals surface area contributed by atoms with E-state index in [9.17, 15) is 0 Å². The molecule has 1 saturated heterocycles. The molecule has 1 aliphatic heterocycles. The molecule has 0 radical (unpaired) electrons. The van der Waals surface area contributed by atoms with E-state index in [1.807, 2.05) is 30.2 Å². The molecule has 2 aromatic heterocycles. The number of nitrogens with zero attached hydrogens (tertiary/aromatic N) is 5. The second kappa shape index (κ2) is 7.56. The van der Waals surface area contributed by atoms with E-state index >= 15 is 0 Å². The quantitative estimate of drug-likeness (QED) is 0.711. The fourth-order valence-corrected chi connectivity index (χ4v) is 4.03. The van der Waals surface area contributed by atoms with Crippen molar-refractivity contribution in [2.45, 2.75) is 19.9 Å². The van der Waals surface area contributed by atoms with Crippen LogP contribution in [-0.4, -0.2) is 53.0 Å². The number of pyridine rings is 1. The second-order valence-electron chi connectivity index (χ2n) is 7.29. The zero-order chi connectivity index (χ0) is 18.8. The number of rotatable bonds is 4. The molecule has 0 amide bonds. The number of aryl methyl sites for hydroxylation is 2. The Balaban J connectivity index is 1.58. The molecule has 1 aliphatic rings. The Morgan fingerprint density at radius 2 is 2.00 bits per heavy atom. The number of anilines is 1. The van der Waals surface area contributed by atoms with Gasteiger partial charge in [-0.1, -0.05) is 12.1 Å². The summed E-state index contributed by atoms with van der Waals surface area (Å²) in [6.45, 7) is 7.34. The van der Waals surface area contributed by atoms with Gasteiger partial charge in [-0.2, -0.15) is 5.10 Å². The Morgan fingerprint density at radius 3 is 2.78 bits per heavy atom. The molecule has 27 heavy (non-hydrogen) atoms. The van der Waals surface area contributed by atoms with Gasteiger partial charge in [0.1, 0.15) is 11.3 Å². The van der Waals surface area contributed by atoms with Gasteiger partial charge >= 0.3 is 0 Å². The Bertz CT molecular complexity index is 935. The predicted octanol–water partition coefficient (Wildman–Crippen LogP) is 3.00. The highest BCUT2D eigenvalue weighted by Gasteiger charge is 2.20. The number of hydrogen-bond acceptors (Lipinski definition) is 5. The van der Waals surface area contributed by atoms with E-state index in [0.717, 1.165) is 50.4 Å². The fourth-order valence-electron chi connectivity index (χ4n) is 4.03. The monoisotopic (exact) mass is 365 g/mol. The van der Waals surface area contributed by atoms with E-state index in [4.69, 9.17) is 4.74 Å². The lowest BCUT2D eigenvalue weighted by Gasteiger charge is -2.26. The third kappa shape index (κ3) is 3.62. The summed E-state index contributed by atoms with van der Waals surface area (Å²) >= 11 is 0. The number of ether oxygens (including phenoxy) is 1. The third-order valence-electron chi connectivity index (χ3n) is 5.30. The van der Waals surface area contributed by atoms with E-state index in [1.165, 1.54) is 22.2 Å². The van der Waals surface area contributed by atoms with Crippen LogP contribution in [0.15, 0.2) is 36.8 Å². The smallest absolute Gasteiger partial charge is 0.145 e. The molecule has 142 valence electrons. The van der Waals surface area contributed by atoms with Gasteiger partial charge in [-0.3, -0.25) is 14.6 Å². The molecule has 0 unspecified atom stereocenters. The lowest BCUT2D eigenvalue weighted by atomic mass is 10.1. The van der Waals surface area contributed by atoms with Gasteiger partial charge in [0.25, 0.3) is 0 Å². The Morgan fingerprint density at radius 1 is 1.11 bits per heavy atom. The van der Waals surface area contributed by atoms with Gasteiger partial charge in [0, 0.05) is 63.1 Å². The van der Waals surface area contributed by atoms with Crippen molar-refractivity contribution >= 4 is 16.6 Å². The van der Waals surface area contributed by atoms with Crippen molar-refractivity contribution < 1.29 is 4.74 Å². The largest absolute Gasteiger partial charge is 0.494 e. The van der Waals surface area contributed by atoms with Crippen LogP contribution in [0.2, 0.25) is 0 Å². The number of aromatic nitrogens is 3. The van der Waals surface area contributed by atoms with Crippen molar-refractivity contribution in [2.75, 3.05) is 38.2 Å². The highest BCUT2D eigenvalue weighted by molar-refractivity contribution is 5.96. The molecule has 1 fully saturated rings. The number of methoxy groups -OCH3 is 1. The first-order chi connectivity index (χ1) is 13.2. The molecule has 6 nitrogen and oxygen atoms in total. The number of hydrogen-bond donors (Lipinski definition) is 0. The number of fused-ring (bicyclic) bond motifs is 1. The molecule has 6 heteroatoms. The number of benzene rings is 1. The van der Waals surface area contributed by atoms with Gasteiger partial charge in [-0.25, -0.2) is 0 Å². The Labute approximate surface area is 160 Å². The highest BCUT2D eigenvalue weighted by atomic mass is 16.5. The van der Waals surface area contributed by atoms with Gasteiger partial charge in [0.05, 0.1) is 19.0 Å². The first-order valence-electron chi connectivity index (χ1n) is 9.53. The highest BCUT2D eigenvalue weighted by Crippen LogP contribution is 2.34. The summed E-state index contributed by atoms with van der Waals surface area (Å²) in [6.07, 6.45) is 7.19. The zero-order valence-corrected chi connectivity index (χ0v) is 16.4. The van der Waals surface area contributed by atoms with Gasteiger partial charge in [0.2, 0.25) is 0 Å². The lowest BCUT2D eigenvalue weighted by molar-refractivity contribution is 0.285. The first kappa shape index (κ1) is 17.8. The maximum atomic E-state index is 5.52. The van der Waals surface area contributed by atoms with Crippen LogP contribution in [0.4, 0.5) is 5.69 Å². The van der Waals surface area contributed by atoms with Crippen LogP contribution in [0, 0.1) is 6.92 Å². The predicted molar refractivity (Wildman–Crippen MR) is 108 cm³/mol. The molecule has 3 heterocycles. The molecule has 3 aromatic rings. The molecular formula is C21H27N5O. The van der Waals surface area contributed by atoms with Crippen LogP contribution in [0.5, 0.6) is 5.75 Å². The molecular weight excluding hydrogens is 338 g/mol. The summed E-state index contributed by atoms with van der Waals surface area (Å²) < 4.78 is 7.40. The van der Waals surface area contributed by atoms with Crippen molar-refractivity contribution in [3.63, 3.8) is 0 Å². The van der Waals surface area contributed by atoms with Crippen molar-refractivity contribution in [1.82, 2.24) is 19.7 Å². The summed E-state index contributed by atoms with van der Waals surface area (Å²) in [5.74, 6) is 0.835. The van der Waals surface area contributed by atoms with Crippen LogP contribution in [0.25, 0.3) is 10.9 Å². The molecule has 4 rings (SSSR count). The van der Waals surface area contributed by atoms with Crippen LogP contribution in [0.3, 0.4) is 0 Å². The molecule has 0 aliphatic carbocycles. The molecule has 1 aromatic carbocycles. The summed E-state index contributed by atoms with van der Waals surface area (Å²) in [5, 5.41) is 5.47. The van der Waals surface area contributed by atoms with Crippen molar-refractivity contribution in [2.24, 2.45) is 7.05 Å². The van der Waals surface area contributed by atoms with Crippen molar-refractivity contribution in [3.8, 4) is 5.75 Å². The minimum absolute atomic E-state index is 0.835.